The standard InChI is InChI=1S/C18H28O2/c1-5-6-7-12-18(4,17(19)20)16-10-8-15(9-11-16)13-14(2)3/h8-11,14H,5-7,12-13H2,1-4H3,(H,19,20). The van der Waals surface area contributed by atoms with Crippen LogP contribution in [0.4, 0.5) is 0 Å². The van der Waals surface area contributed by atoms with Gasteiger partial charge in [-0.1, -0.05) is 64.3 Å². The van der Waals surface area contributed by atoms with Crippen LogP contribution in [0.25, 0.3) is 0 Å². The lowest BCUT2D eigenvalue weighted by Gasteiger charge is -2.25. The summed E-state index contributed by atoms with van der Waals surface area (Å²) in [5, 5.41) is 9.60. The Labute approximate surface area is 123 Å². The fourth-order valence-corrected chi connectivity index (χ4v) is 2.58. The average molecular weight is 276 g/mol. The van der Waals surface area contributed by atoms with Crippen molar-refractivity contribution >= 4 is 5.97 Å². The Bertz CT molecular complexity index is 420. The Hall–Kier alpha value is -1.31. The van der Waals surface area contributed by atoms with Crippen molar-refractivity contribution in [2.45, 2.75) is 65.2 Å². The zero-order valence-electron chi connectivity index (χ0n) is 13.3. The maximum absolute atomic E-state index is 11.7. The highest BCUT2D eigenvalue weighted by Gasteiger charge is 2.34. The Morgan fingerprint density at radius 2 is 1.80 bits per heavy atom. The van der Waals surface area contributed by atoms with E-state index in [9.17, 15) is 9.90 Å². The van der Waals surface area contributed by atoms with Crippen LogP contribution in [0, 0.1) is 5.92 Å². The van der Waals surface area contributed by atoms with E-state index < -0.39 is 11.4 Å². The molecule has 0 spiro atoms. The van der Waals surface area contributed by atoms with Crippen molar-refractivity contribution in [2.24, 2.45) is 5.92 Å². The molecular formula is C18H28O2. The van der Waals surface area contributed by atoms with Crippen LogP contribution >= 0.6 is 0 Å². The molecule has 0 saturated heterocycles. The highest BCUT2D eigenvalue weighted by molar-refractivity contribution is 5.80. The van der Waals surface area contributed by atoms with E-state index in [-0.39, 0.29) is 0 Å². The first-order valence-electron chi connectivity index (χ1n) is 7.73. The molecule has 0 bridgehead atoms. The molecule has 0 aromatic heterocycles. The molecule has 0 aliphatic rings. The molecule has 1 aromatic carbocycles. The van der Waals surface area contributed by atoms with E-state index in [0.717, 1.165) is 31.2 Å². The first-order valence-corrected chi connectivity index (χ1v) is 7.73. The van der Waals surface area contributed by atoms with Gasteiger partial charge in [0.15, 0.2) is 0 Å². The molecule has 0 heterocycles. The molecule has 1 rings (SSSR count). The molecule has 112 valence electrons. The molecule has 0 aliphatic heterocycles. The number of carboxylic acids is 1. The summed E-state index contributed by atoms with van der Waals surface area (Å²) in [6, 6.07) is 8.16. The molecule has 1 N–H and O–H groups in total. The van der Waals surface area contributed by atoms with E-state index in [1.165, 1.54) is 5.56 Å². The second kappa shape index (κ2) is 7.47. The van der Waals surface area contributed by atoms with Crippen LogP contribution in [0.3, 0.4) is 0 Å². The zero-order chi connectivity index (χ0) is 15.2. The topological polar surface area (TPSA) is 37.3 Å². The Morgan fingerprint density at radius 3 is 2.25 bits per heavy atom. The third kappa shape index (κ3) is 4.36. The molecule has 20 heavy (non-hydrogen) atoms. The Morgan fingerprint density at radius 1 is 1.20 bits per heavy atom. The van der Waals surface area contributed by atoms with Crippen molar-refractivity contribution in [3.05, 3.63) is 35.4 Å². The number of aliphatic carboxylic acids is 1. The van der Waals surface area contributed by atoms with Gasteiger partial charge in [0.25, 0.3) is 0 Å². The van der Waals surface area contributed by atoms with Gasteiger partial charge in [0.2, 0.25) is 0 Å². The summed E-state index contributed by atoms with van der Waals surface area (Å²) in [7, 11) is 0. The lowest BCUT2D eigenvalue weighted by molar-refractivity contribution is -0.143. The molecule has 0 saturated carbocycles. The highest BCUT2D eigenvalue weighted by atomic mass is 16.4. The van der Waals surface area contributed by atoms with Gasteiger partial charge < -0.3 is 5.11 Å². The molecule has 2 heteroatoms. The predicted molar refractivity (Wildman–Crippen MR) is 84.1 cm³/mol. The van der Waals surface area contributed by atoms with Crippen molar-refractivity contribution in [1.82, 2.24) is 0 Å². The summed E-state index contributed by atoms with van der Waals surface area (Å²) in [5.41, 5.74) is 1.45. The smallest absolute Gasteiger partial charge is 0.313 e. The van der Waals surface area contributed by atoms with E-state index in [1.807, 2.05) is 19.1 Å². The molecular weight excluding hydrogens is 248 g/mol. The van der Waals surface area contributed by atoms with Crippen molar-refractivity contribution in [3.8, 4) is 0 Å². The minimum absolute atomic E-state index is 0.622. The summed E-state index contributed by atoms with van der Waals surface area (Å²) >= 11 is 0. The Kier molecular flexibility index (Phi) is 6.25. The Balaban J connectivity index is 2.88. The summed E-state index contributed by atoms with van der Waals surface area (Å²) in [4.78, 5) is 11.7. The van der Waals surface area contributed by atoms with Crippen LogP contribution in [0.5, 0.6) is 0 Å². The first kappa shape index (κ1) is 16.7. The van der Waals surface area contributed by atoms with Crippen LogP contribution < -0.4 is 0 Å². The third-order valence-corrected chi connectivity index (χ3v) is 3.99. The van der Waals surface area contributed by atoms with Crippen molar-refractivity contribution in [3.63, 3.8) is 0 Å². The summed E-state index contributed by atoms with van der Waals surface area (Å²) < 4.78 is 0. The van der Waals surface area contributed by atoms with Gasteiger partial charge in [-0.3, -0.25) is 4.79 Å². The molecule has 1 unspecified atom stereocenters. The molecule has 0 radical (unpaired) electrons. The SMILES string of the molecule is CCCCCC(C)(C(=O)O)c1ccc(CC(C)C)cc1. The van der Waals surface area contributed by atoms with Gasteiger partial charge in [-0.25, -0.2) is 0 Å². The van der Waals surface area contributed by atoms with Crippen LogP contribution in [0.2, 0.25) is 0 Å². The maximum Gasteiger partial charge on any atom is 0.313 e. The first-order chi connectivity index (χ1) is 9.40. The second-order valence-corrected chi connectivity index (χ2v) is 6.39. The molecule has 0 fully saturated rings. The quantitative estimate of drug-likeness (QED) is 0.692. The van der Waals surface area contributed by atoms with Crippen molar-refractivity contribution < 1.29 is 9.90 Å². The molecule has 0 amide bonds. The number of hydrogen-bond donors (Lipinski definition) is 1. The van der Waals surface area contributed by atoms with Crippen LogP contribution in [-0.4, -0.2) is 11.1 Å². The fourth-order valence-electron chi connectivity index (χ4n) is 2.58. The van der Waals surface area contributed by atoms with Gasteiger partial charge in [-0.05, 0) is 36.8 Å². The summed E-state index contributed by atoms with van der Waals surface area (Å²) in [6.07, 6.45) is 4.92. The minimum Gasteiger partial charge on any atom is -0.481 e. The zero-order valence-corrected chi connectivity index (χ0v) is 13.3. The van der Waals surface area contributed by atoms with E-state index in [2.05, 4.69) is 32.9 Å². The number of rotatable bonds is 8. The normalized spacial score (nSPS) is 14.2. The highest BCUT2D eigenvalue weighted by Crippen LogP contribution is 2.30. The van der Waals surface area contributed by atoms with E-state index in [0.29, 0.717) is 12.3 Å². The van der Waals surface area contributed by atoms with Gasteiger partial charge in [-0.15, -0.1) is 0 Å². The number of benzene rings is 1. The lowest BCUT2D eigenvalue weighted by atomic mass is 9.77. The summed E-state index contributed by atoms with van der Waals surface area (Å²) in [6.45, 7) is 8.38. The largest absolute Gasteiger partial charge is 0.481 e. The predicted octanol–water partition coefficient (Wildman–Crippen LogP) is 4.81. The van der Waals surface area contributed by atoms with Crippen LogP contribution in [-0.2, 0) is 16.6 Å². The molecule has 0 aliphatic carbocycles. The molecule has 1 aromatic rings. The van der Waals surface area contributed by atoms with E-state index >= 15 is 0 Å². The number of hydrogen-bond acceptors (Lipinski definition) is 1. The van der Waals surface area contributed by atoms with E-state index in [1.54, 1.807) is 0 Å². The van der Waals surface area contributed by atoms with Crippen LogP contribution in [0.1, 0.15) is 64.5 Å². The van der Waals surface area contributed by atoms with Crippen LogP contribution in [0.15, 0.2) is 24.3 Å². The van der Waals surface area contributed by atoms with Gasteiger partial charge in [0.05, 0.1) is 5.41 Å². The second-order valence-electron chi connectivity index (χ2n) is 6.39. The van der Waals surface area contributed by atoms with Gasteiger partial charge in [0, 0.05) is 0 Å². The van der Waals surface area contributed by atoms with Gasteiger partial charge in [0.1, 0.15) is 0 Å². The minimum atomic E-state index is -0.758. The van der Waals surface area contributed by atoms with Gasteiger partial charge >= 0.3 is 5.97 Å². The summed E-state index contributed by atoms with van der Waals surface area (Å²) in [5.74, 6) is -0.0959. The maximum atomic E-state index is 11.7. The fraction of sp³-hybridized carbons (Fsp3) is 0.611. The van der Waals surface area contributed by atoms with Gasteiger partial charge in [-0.2, -0.15) is 0 Å². The van der Waals surface area contributed by atoms with E-state index in [4.69, 9.17) is 0 Å². The molecule has 2 nitrogen and oxygen atoms in total. The molecule has 1 atom stereocenters. The van der Waals surface area contributed by atoms with Crippen molar-refractivity contribution in [1.29, 1.82) is 0 Å². The number of carboxylic acid groups (broad SMARTS) is 1. The van der Waals surface area contributed by atoms with Crippen molar-refractivity contribution in [2.75, 3.05) is 0 Å². The monoisotopic (exact) mass is 276 g/mol. The third-order valence-electron chi connectivity index (χ3n) is 3.99. The lowest BCUT2D eigenvalue weighted by Crippen LogP contribution is -2.32. The number of carbonyl (C=O) groups is 1. The number of unbranched alkanes of at least 4 members (excludes halogenated alkanes) is 2. The average Bonchev–Trinajstić information content (AvgIpc) is 2.38.